The lowest BCUT2D eigenvalue weighted by Crippen LogP contribution is -2.40. The lowest BCUT2D eigenvalue weighted by Gasteiger charge is -2.12. The van der Waals surface area contributed by atoms with Crippen LogP contribution in [0.3, 0.4) is 0 Å². The summed E-state index contributed by atoms with van der Waals surface area (Å²) in [5.74, 6) is 1.74. The molecule has 1 unspecified atom stereocenters. The molecule has 1 aromatic carbocycles. The van der Waals surface area contributed by atoms with Gasteiger partial charge >= 0.3 is 0 Å². The van der Waals surface area contributed by atoms with Crippen molar-refractivity contribution >= 4 is 5.91 Å². The highest BCUT2D eigenvalue weighted by atomic mass is 16.5. The maximum atomic E-state index is 11.6. The van der Waals surface area contributed by atoms with Crippen LogP contribution in [0.2, 0.25) is 0 Å². The number of ether oxygens (including phenoxy) is 2. The topological polar surface area (TPSA) is 73.6 Å². The summed E-state index contributed by atoms with van der Waals surface area (Å²) in [6.45, 7) is 0.509. The standard InChI is InChI=1S/C14H20N2O3/c1-18-11-3-2-4-12(7-11)19-9-14(17)16-8-13(15)10-5-6-10/h2-4,7,10,13H,5-6,8-9,15H2,1H3,(H,16,17). The number of nitrogens with two attached hydrogens (primary N) is 1. The van der Waals surface area contributed by atoms with Gasteiger partial charge in [0.25, 0.3) is 5.91 Å². The molecule has 1 atom stereocenters. The van der Waals surface area contributed by atoms with Gasteiger partial charge in [-0.2, -0.15) is 0 Å². The van der Waals surface area contributed by atoms with E-state index in [0.29, 0.717) is 24.0 Å². The van der Waals surface area contributed by atoms with Crippen molar-refractivity contribution in [3.63, 3.8) is 0 Å². The first-order chi connectivity index (χ1) is 9.19. The number of carbonyl (C=O) groups is 1. The number of hydrogen-bond donors (Lipinski definition) is 2. The molecule has 104 valence electrons. The molecule has 19 heavy (non-hydrogen) atoms. The van der Waals surface area contributed by atoms with Crippen molar-refractivity contribution < 1.29 is 14.3 Å². The Morgan fingerprint density at radius 1 is 1.47 bits per heavy atom. The van der Waals surface area contributed by atoms with Gasteiger partial charge in [-0.15, -0.1) is 0 Å². The van der Waals surface area contributed by atoms with Crippen molar-refractivity contribution in [2.24, 2.45) is 11.7 Å². The predicted molar refractivity (Wildman–Crippen MR) is 72.2 cm³/mol. The summed E-state index contributed by atoms with van der Waals surface area (Å²) in [5, 5.41) is 2.78. The molecule has 0 heterocycles. The van der Waals surface area contributed by atoms with E-state index in [0.717, 1.165) is 0 Å². The third-order valence-corrected chi connectivity index (χ3v) is 3.17. The number of hydrogen-bond acceptors (Lipinski definition) is 4. The third kappa shape index (κ3) is 4.44. The Morgan fingerprint density at radius 2 is 2.21 bits per heavy atom. The fourth-order valence-corrected chi connectivity index (χ4v) is 1.81. The molecule has 1 aromatic rings. The number of methoxy groups -OCH3 is 1. The van der Waals surface area contributed by atoms with Gasteiger partial charge < -0.3 is 20.5 Å². The zero-order chi connectivity index (χ0) is 13.7. The van der Waals surface area contributed by atoms with E-state index in [9.17, 15) is 4.79 Å². The van der Waals surface area contributed by atoms with Crippen LogP contribution in [0.4, 0.5) is 0 Å². The number of benzene rings is 1. The third-order valence-electron chi connectivity index (χ3n) is 3.17. The van der Waals surface area contributed by atoms with Crippen LogP contribution in [-0.2, 0) is 4.79 Å². The quantitative estimate of drug-likeness (QED) is 0.768. The number of amides is 1. The van der Waals surface area contributed by atoms with E-state index >= 15 is 0 Å². The zero-order valence-electron chi connectivity index (χ0n) is 11.1. The highest BCUT2D eigenvalue weighted by Crippen LogP contribution is 2.31. The molecule has 1 saturated carbocycles. The molecule has 0 spiro atoms. The molecule has 2 rings (SSSR count). The van der Waals surface area contributed by atoms with Crippen LogP contribution in [0.1, 0.15) is 12.8 Å². The van der Waals surface area contributed by atoms with Crippen LogP contribution in [-0.4, -0.2) is 32.2 Å². The van der Waals surface area contributed by atoms with E-state index in [4.69, 9.17) is 15.2 Å². The molecule has 3 N–H and O–H groups in total. The average Bonchev–Trinajstić information content (AvgIpc) is 3.27. The van der Waals surface area contributed by atoms with E-state index < -0.39 is 0 Å². The van der Waals surface area contributed by atoms with E-state index in [2.05, 4.69) is 5.32 Å². The molecular formula is C14H20N2O3. The lowest BCUT2D eigenvalue weighted by atomic mass is 10.2. The van der Waals surface area contributed by atoms with Gasteiger partial charge in [0.15, 0.2) is 6.61 Å². The maximum absolute atomic E-state index is 11.6. The molecule has 1 amide bonds. The van der Waals surface area contributed by atoms with Crippen molar-refractivity contribution in [2.45, 2.75) is 18.9 Å². The molecule has 5 nitrogen and oxygen atoms in total. The zero-order valence-corrected chi connectivity index (χ0v) is 11.1. The van der Waals surface area contributed by atoms with Crippen LogP contribution in [0.25, 0.3) is 0 Å². The Labute approximate surface area is 113 Å². The molecule has 1 aliphatic carbocycles. The van der Waals surface area contributed by atoms with Gasteiger partial charge in [-0.3, -0.25) is 4.79 Å². The van der Waals surface area contributed by atoms with Gasteiger partial charge in [-0.25, -0.2) is 0 Å². The summed E-state index contributed by atoms with van der Waals surface area (Å²) in [4.78, 5) is 11.6. The highest BCUT2D eigenvalue weighted by molar-refractivity contribution is 5.77. The minimum Gasteiger partial charge on any atom is -0.497 e. The molecule has 0 aliphatic heterocycles. The van der Waals surface area contributed by atoms with Crippen molar-refractivity contribution in [3.8, 4) is 11.5 Å². The highest BCUT2D eigenvalue weighted by Gasteiger charge is 2.28. The van der Waals surface area contributed by atoms with Crippen LogP contribution in [0, 0.1) is 5.92 Å². The predicted octanol–water partition coefficient (Wildman–Crippen LogP) is 0.927. The van der Waals surface area contributed by atoms with Gasteiger partial charge in [-0.1, -0.05) is 6.07 Å². The second kappa shape index (κ2) is 6.43. The summed E-state index contributed by atoms with van der Waals surface area (Å²) in [7, 11) is 1.59. The summed E-state index contributed by atoms with van der Waals surface area (Å²) in [6, 6.07) is 7.23. The fraction of sp³-hybridized carbons (Fsp3) is 0.500. The molecule has 1 aliphatic rings. The second-order valence-electron chi connectivity index (χ2n) is 4.77. The molecule has 1 fully saturated rings. The second-order valence-corrected chi connectivity index (χ2v) is 4.77. The summed E-state index contributed by atoms with van der Waals surface area (Å²) < 4.78 is 10.5. The van der Waals surface area contributed by atoms with Crippen LogP contribution in [0.15, 0.2) is 24.3 Å². The molecule has 0 saturated heterocycles. The Balaban J connectivity index is 1.70. The van der Waals surface area contributed by atoms with Crippen LogP contribution in [0.5, 0.6) is 11.5 Å². The first-order valence-corrected chi connectivity index (χ1v) is 6.48. The van der Waals surface area contributed by atoms with Gasteiger partial charge in [0.2, 0.25) is 0 Å². The van der Waals surface area contributed by atoms with Crippen molar-refractivity contribution in [3.05, 3.63) is 24.3 Å². The monoisotopic (exact) mass is 264 g/mol. The van der Waals surface area contributed by atoms with Crippen molar-refractivity contribution in [1.82, 2.24) is 5.32 Å². The van der Waals surface area contributed by atoms with Crippen molar-refractivity contribution in [2.75, 3.05) is 20.3 Å². The minimum absolute atomic E-state index is 0.00937. The van der Waals surface area contributed by atoms with E-state index in [1.165, 1.54) is 12.8 Å². The SMILES string of the molecule is COc1cccc(OCC(=O)NCC(N)C2CC2)c1. The maximum Gasteiger partial charge on any atom is 0.257 e. The molecule has 0 aromatic heterocycles. The summed E-state index contributed by atoms with van der Waals surface area (Å²) in [5.41, 5.74) is 5.90. The molecular weight excluding hydrogens is 244 g/mol. The van der Waals surface area contributed by atoms with Gasteiger partial charge in [0.1, 0.15) is 11.5 Å². The van der Waals surface area contributed by atoms with Crippen LogP contribution >= 0.6 is 0 Å². The molecule has 5 heteroatoms. The number of nitrogens with one attached hydrogen (secondary N) is 1. The summed E-state index contributed by atoms with van der Waals surface area (Å²) >= 11 is 0. The first kappa shape index (κ1) is 13.7. The lowest BCUT2D eigenvalue weighted by molar-refractivity contribution is -0.123. The van der Waals surface area contributed by atoms with Crippen LogP contribution < -0.4 is 20.5 Å². The first-order valence-electron chi connectivity index (χ1n) is 6.48. The van der Waals surface area contributed by atoms with E-state index in [1.54, 1.807) is 19.2 Å². The smallest absolute Gasteiger partial charge is 0.257 e. The Hall–Kier alpha value is -1.75. The normalized spacial score (nSPS) is 15.7. The van der Waals surface area contributed by atoms with Gasteiger partial charge in [0.05, 0.1) is 7.11 Å². The molecule has 0 radical (unpaired) electrons. The number of carbonyl (C=O) groups excluding carboxylic acids is 1. The largest absolute Gasteiger partial charge is 0.497 e. The summed E-state index contributed by atoms with van der Waals surface area (Å²) in [6.07, 6.45) is 2.36. The van der Waals surface area contributed by atoms with Crippen molar-refractivity contribution in [1.29, 1.82) is 0 Å². The molecule has 0 bridgehead atoms. The fourth-order valence-electron chi connectivity index (χ4n) is 1.81. The Morgan fingerprint density at radius 3 is 2.89 bits per heavy atom. The van der Waals surface area contributed by atoms with Gasteiger partial charge in [0, 0.05) is 18.7 Å². The van der Waals surface area contributed by atoms with E-state index in [-0.39, 0.29) is 18.6 Å². The van der Waals surface area contributed by atoms with Gasteiger partial charge in [-0.05, 0) is 30.9 Å². The minimum atomic E-state index is -0.154. The average molecular weight is 264 g/mol. The van der Waals surface area contributed by atoms with E-state index in [1.807, 2.05) is 12.1 Å². The Bertz CT molecular complexity index is 432. The number of rotatable bonds is 7. The Kier molecular flexibility index (Phi) is 4.63.